The molecule has 0 fully saturated rings. The smallest absolute Gasteiger partial charge is 0.332 e. The average molecular weight is 319 g/mol. The third kappa shape index (κ3) is 3.36. The van der Waals surface area contributed by atoms with Crippen molar-refractivity contribution in [3.05, 3.63) is 22.2 Å². The minimum Gasteiger partial charge on any atom is -0.493 e. The molecule has 1 unspecified atom stereocenters. The zero-order chi connectivity index (χ0) is 13.7. The summed E-state index contributed by atoms with van der Waals surface area (Å²) in [5.74, 6) is 0.0970. The Kier molecular flexibility index (Phi) is 5.43. The van der Waals surface area contributed by atoms with Gasteiger partial charge in [0, 0.05) is 10.0 Å². The number of methoxy groups -OCH3 is 2. The van der Waals surface area contributed by atoms with E-state index in [2.05, 4.69) is 15.9 Å². The molecule has 0 aromatic heterocycles. The van der Waals surface area contributed by atoms with E-state index >= 15 is 0 Å². The first-order valence-corrected chi connectivity index (χ1v) is 6.04. The molecule has 1 aromatic rings. The van der Waals surface area contributed by atoms with Crippen LogP contribution in [-0.4, -0.2) is 31.4 Å². The maximum Gasteiger partial charge on any atom is 0.332 e. The lowest BCUT2D eigenvalue weighted by Gasteiger charge is -2.15. The molecule has 18 heavy (non-hydrogen) atoms. The highest BCUT2D eigenvalue weighted by Gasteiger charge is 2.17. The van der Waals surface area contributed by atoms with Crippen molar-refractivity contribution in [3.63, 3.8) is 0 Å². The summed E-state index contributed by atoms with van der Waals surface area (Å²) in [6, 6.07) is 3.55. The van der Waals surface area contributed by atoms with Gasteiger partial charge >= 0.3 is 5.97 Å². The number of carbonyl (C=O) groups is 1. The van der Waals surface area contributed by atoms with Crippen molar-refractivity contribution in [1.29, 1.82) is 0 Å². The van der Waals surface area contributed by atoms with Crippen molar-refractivity contribution in [1.82, 2.24) is 0 Å². The van der Waals surface area contributed by atoms with Crippen LogP contribution in [0.25, 0.3) is 0 Å². The van der Waals surface area contributed by atoms with E-state index in [1.807, 2.05) is 0 Å². The van der Waals surface area contributed by atoms with Crippen LogP contribution in [0, 0.1) is 0 Å². The summed E-state index contributed by atoms with van der Waals surface area (Å²) < 4.78 is 16.4. The molecule has 0 saturated heterocycles. The van der Waals surface area contributed by atoms with Gasteiger partial charge in [0.1, 0.15) is 0 Å². The van der Waals surface area contributed by atoms with E-state index in [4.69, 9.17) is 19.3 Å². The fraction of sp³-hybridized carbons (Fsp3) is 0.417. The molecular weight excluding hydrogens is 304 g/mol. The predicted molar refractivity (Wildman–Crippen MR) is 69.1 cm³/mol. The molecule has 0 spiro atoms. The lowest BCUT2D eigenvalue weighted by atomic mass is 10.2. The summed E-state index contributed by atoms with van der Waals surface area (Å²) in [5.41, 5.74) is 0.713. The molecule has 0 bridgehead atoms. The quantitative estimate of drug-likeness (QED) is 0.872. The first-order chi connectivity index (χ1) is 8.51. The Labute approximate surface area is 114 Å². The molecule has 0 radical (unpaired) electrons. The zero-order valence-electron chi connectivity index (χ0n) is 10.4. The number of carboxylic acid groups (broad SMARTS) is 1. The Morgan fingerprint density at radius 1 is 1.39 bits per heavy atom. The zero-order valence-corrected chi connectivity index (χ0v) is 12.0. The number of benzene rings is 1. The Hall–Kier alpha value is -1.27. The SMILES string of the molecule is COc1ccc(Br)c(COC(C)C(=O)O)c1OC. The van der Waals surface area contributed by atoms with Crippen LogP contribution in [0.1, 0.15) is 12.5 Å². The molecular formula is C12H15BrO5. The van der Waals surface area contributed by atoms with Crippen molar-refractivity contribution >= 4 is 21.9 Å². The molecule has 0 amide bonds. The van der Waals surface area contributed by atoms with E-state index in [1.165, 1.54) is 21.1 Å². The van der Waals surface area contributed by atoms with Crippen LogP contribution in [0.15, 0.2) is 16.6 Å². The molecule has 1 aromatic carbocycles. The van der Waals surface area contributed by atoms with Gasteiger partial charge in [0.05, 0.1) is 20.8 Å². The van der Waals surface area contributed by atoms with Gasteiger partial charge in [0.25, 0.3) is 0 Å². The second-order valence-electron chi connectivity index (χ2n) is 3.55. The highest BCUT2D eigenvalue weighted by atomic mass is 79.9. The first kappa shape index (κ1) is 14.8. The van der Waals surface area contributed by atoms with E-state index in [9.17, 15) is 4.79 Å². The maximum absolute atomic E-state index is 10.7. The summed E-state index contributed by atoms with van der Waals surface area (Å²) in [5, 5.41) is 8.76. The Morgan fingerprint density at radius 3 is 2.56 bits per heavy atom. The lowest BCUT2D eigenvalue weighted by molar-refractivity contribution is -0.149. The summed E-state index contributed by atoms with van der Waals surface area (Å²) in [6.07, 6.45) is -0.882. The summed E-state index contributed by atoms with van der Waals surface area (Å²) >= 11 is 3.38. The molecule has 1 rings (SSSR count). The topological polar surface area (TPSA) is 65.0 Å². The molecule has 100 valence electrons. The van der Waals surface area contributed by atoms with Crippen LogP contribution in [0.3, 0.4) is 0 Å². The summed E-state index contributed by atoms with van der Waals surface area (Å²) in [4.78, 5) is 10.7. The van der Waals surface area contributed by atoms with Gasteiger partial charge < -0.3 is 19.3 Å². The van der Waals surface area contributed by atoms with Gasteiger partial charge in [-0.1, -0.05) is 15.9 Å². The van der Waals surface area contributed by atoms with Crippen LogP contribution in [0.5, 0.6) is 11.5 Å². The van der Waals surface area contributed by atoms with E-state index in [0.717, 1.165) is 4.47 Å². The maximum atomic E-state index is 10.7. The minimum atomic E-state index is -1.01. The Morgan fingerprint density at radius 2 is 2.06 bits per heavy atom. The van der Waals surface area contributed by atoms with Gasteiger partial charge in [-0.25, -0.2) is 4.79 Å². The van der Waals surface area contributed by atoms with Crippen molar-refractivity contribution in [3.8, 4) is 11.5 Å². The fourth-order valence-corrected chi connectivity index (χ4v) is 1.81. The summed E-state index contributed by atoms with van der Waals surface area (Å²) in [6.45, 7) is 1.59. The number of carboxylic acids is 1. The van der Waals surface area contributed by atoms with Crippen LogP contribution >= 0.6 is 15.9 Å². The Bertz CT molecular complexity index is 433. The van der Waals surface area contributed by atoms with Crippen LogP contribution in [0.4, 0.5) is 0 Å². The van der Waals surface area contributed by atoms with Gasteiger partial charge in [-0.3, -0.25) is 0 Å². The van der Waals surface area contributed by atoms with Crippen LogP contribution in [-0.2, 0) is 16.1 Å². The second kappa shape index (κ2) is 6.61. The van der Waals surface area contributed by atoms with E-state index < -0.39 is 12.1 Å². The average Bonchev–Trinajstić information content (AvgIpc) is 2.36. The van der Waals surface area contributed by atoms with Crippen LogP contribution < -0.4 is 9.47 Å². The normalized spacial score (nSPS) is 12.0. The van der Waals surface area contributed by atoms with Gasteiger partial charge in [-0.15, -0.1) is 0 Å². The van der Waals surface area contributed by atoms with Crippen molar-refractivity contribution in [2.24, 2.45) is 0 Å². The second-order valence-corrected chi connectivity index (χ2v) is 4.41. The van der Waals surface area contributed by atoms with Crippen molar-refractivity contribution in [2.45, 2.75) is 19.6 Å². The van der Waals surface area contributed by atoms with E-state index in [1.54, 1.807) is 12.1 Å². The predicted octanol–water partition coefficient (Wildman–Crippen LogP) is 2.46. The Balaban J connectivity index is 2.96. The number of ether oxygens (including phenoxy) is 3. The molecule has 0 aliphatic carbocycles. The number of hydrogen-bond acceptors (Lipinski definition) is 4. The monoisotopic (exact) mass is 318 g/mol. The third-order valence-corrected chi connectivity index (χ3v) is 3.16. The standard InChI is InChI=1S/C12H15BrO5/c1-7(12(14)15)18-6-8-9(13)4-5-10(16-2)11(8)17-3/h4-5,7H,6H2,1-3H3,(H,14,15). The fourth-order valence-electron chi connectivity index (χ4n) is 1.38. The third-order valence-electron chi connectivity index (χ3n) is 2.42. The molecule has 0 aliphatic heterocycles. The van der Waals surface area contributed by atoms with E-state index in [-0.39, 0.29) is 6.61 Å². The highest BCUT2D eigenvalue weighted by Crippen LogP contribution is 2.36. The van der Waals surface area contributed by atoms with Gasteiger partial charge in [0.15, 0.2) is 17.6 Å². The van der Waals surface area contributed by atoms with Crippen molar-refractivity contribution in [2.75, 3.05) is 14.2 Å². The molecule has 1 atom stereocenters. The number of aliphatic carboxylic acids is 1. The molecule has 0 aliphatic rings. The highest BCUT2D eigenvalue weighted by molar-refractivity contribution is 9.10. The van der Waals surface area contributed by atoms with Crippen LogP contribution in [0.2, 0.25) is 0 Å². The number of hydrogen-bond donors (Lipinski definition) is 1. The molecule has 5 nitrogen and oxygen atoms in total. The molecule has 1 N–H and O–H groups in total. The van der Waals surface area contributed by atoms with E-state index in [0.29, 0.717) is 17.1 Å². The number of rotatable bonds is 6. The summed E-state index contributed by atoms with van der Waals surface area (Å²) in [7, 11) is 3.06. The number of halogens is 1. The largest absolute Gasteiger partial charge is 0.493 e. The molecule has 0 saturated carbocycles. The first-order valence-electron chi connectivity index (χ1n) is 5.25. The molecule has 0 heterocycles. The molecule has 6 heteroatoms. The van der Waals surface area contributed by atoms with Gasteiger partial charge in [-0.2, -0.15) is 0 Å². The minimum absolute atomic E-state index is 0.119. The van der Waals surface area contributed by atoms with Crippen molar-refractivity contribution < 1.29 is 24.1 Å². The van der Waals surface area contributed by atoms with Gasteiger partial charge in [0.2, 0.25) is 0 Å². The lowest BCUT2D eigenvalue weighted by Crippen LogP contribution is -2.19. The van der Waals surface area contributed by atoms with Gasteiger partial charge in [-0.05, 0) is 19.1 Å².